The van der Waals surface area contributed by atoms with E-state index in [0.29, 0.717) is 30.5 Å². The fourth-order valence-electron chi connectivity index (χ4n) is 3.94. The van der Waals surface area contributed by atoms with Crippen LogP contribution in [0.3, 0.4) is 0 Å². The number of aromatic nitrogens is 2. The van der Waals surface area contributed by atoms with Gasteiger partial charge in [-0.15, -0.1) is 0 Å². The summed E-state index contributed by atoms with van der Waals surface area (Å²) in [6.45, 7) is 9.09. The SMILES string of the molecule is COc1ccc(CCC2CCN(C(=O)c3c(C)nc(C(C)(C)C)[nH]c3=O)CC2)cc1. The Morgan fingerprint density at radius 2 is 1.83 bits per heavy atom. The van der Waals surface area contributed by atoms with Crippen LogP contribution in [0.1, 0.15) is 67.5 Å². The number of benzene rings is 1. The van der Waals surface area contributed by atoms with Gasteiger partial charge in [-0.3, -0.25) is 9.59 Å². The molecule has 1 saturated heterocycles. The molecule has 1 aromatic heterocycles. The van der Waals surface area contributed by atoms with E-state index >= 15 is 0 Å². The number of H-pyrrole nitrogens is 1. The minimum absolute atomic E-state index is 0.180. The average Bonchev–Trinajstić information content (AvgIpc) is 2.71. The van der Waals surface area contributed by atoms with Gasteiger partial charge in [0.2, 0.25) is 0 Å². The summed E-state index contributed by atoms with van der Waals surface area (Å²) < 4.78 is 5.21. The number of piperidine rings is 1. The van der Waals surface area contributed by atoms with Crippen molar-refractivity contribution in [3.8, 4) is 5.75 Å². The number of methoxy groups -OCH3 is 1. The molecule has 0 bridgehead atoms. The number of carbonyl (C=O) groups excluding carboxylic acids is 1. The third-order valence-electron chi connectivity index (χ3n) is 5.93. The molecule has 0 atom stereocenters. The van der Waals surface area contributed by atoms with Gasteiger partial charge in [-0.05, 0) is 56.2 Å². The van der Waals surface area contributed by atoms with Crippen LogP contribution in [0.4, 0.5) is 0 Å². The molecule has 30 heavy (non-hydrogen) atoms. The Morgan fingerprint density at radius 1 is 1.20 bits per heavy atom. The number of nitrogens with zero attached hydrogens (tertiary/aromatic N) is 2. The van der Waals surface area contributed by atoms with Gasteiger partial charge in [0.25, 0.3) is 11.5 Å². The molecule has 2 aromatic rings. The van der Waals surface area contributed by atoms with Gasteiger partial charge >= 0.3 is 0 Å². The lowest BCUT2D eigenvalue weighted by Gasteiger charge is -2.32. The number of carbonyl (C=O) groups is 1. The van der Waals surface area contributed by atoms with E-state index in [4.69, 9.17) is 4.74 Å². The van der Waals surface area contributed by atoms with Crippen molar-refractivity contribution in [1.82, 2.24) is 14.9 Å². The lowest BCUT2D eigenvalue weighted by atomic mass is 9.90. The zero-order valence-electron chi connectivity index (χ0n) is 18.7. The van der Waals surface area contributed by atoms with E-state index in [9.17, 15) is 9.59 Å². The highest BCUT2D eigenvalue weighted by Crippen LogP contribution is 2.24. The molecule has 3 rings (SSSR count). The second-order valence-electron chi connectivity index (χ2n) is 9.25. The van der Waals surface area contributed by atoms with Crippen LogP contribution < -0.4 is 10.3 Å². The summed E-state index contributed by atoms with van der Waals surface area (Å²) in [7, 11) is 1.68. The zero-order valence-corrected chi connectivity index (χ0v) is 18.7. The van der Waals surface area contributed by atoms with Crippen LogP contribution in [0, 0.1) is 12.8 Å². The van der Waals surface area contributed by atoms with E-state index in [1.165, 1.54) is 5.56 Å². The molecular formula is C24H33N3O3. The first-order chi connectivity index (χ1) is 14.2. The molecule has 1 aromatic carbocycles. The summed E-state index contributed by atoms with van der Waals surface area (Å²) in [4.78, 5) is 34.7. The van der Waals surface area contributed by atoms with Crippen molar-refractivity contribution in [2.75, 3.05) is 20.2 Å². The van der Waals surface area contributed by atoms with Gasteiger partial charge in [0.1, 0.15) is 17.1 Å². The van der Waals surface area contributed by atoms with E-state index < -0.39 is 0 Å². The molecule has 0 radical (unpaired) electrons. The van der Waals surface area contributed by atoms with Gasteiger partial charge in [0.15, 0.2) is 0 Å². The van der Waals surface area contributed by atoms with Crippen molar-refractivity contribution in [2.24, 2.45) is 5.92 Å². The lowest BCUT2D eigenvalue weighted by Crippen LogP contribution is -2.42. The molecule has 1 N–H and O–H groups in total. The van der Waals surface area contributed by atoms with Gasteiger partial charge in [0, 0.05) is 18.5 Å². The predicted octanol–water partition coefficient (Wildman–Crippen LogP) is 3.87. The number of nitrogens with one attached hydrogen (secondary N) is 1. The van der Waals surface area contributed by atoms with E-state index in [1.807, 2.05) is 32.9 Å². The number of hydrogen-bond donors (Lipinski definition) is 1. The van der Waals surface area contributed by atoms with Gasteiger partial charge < -0.3 is 14.6 Å². The smallest absolute Gasteiger partial charge is 0.264 e. The Balaban J connectivity index is 1.58. The van der Waals surface area contributed by atoms with Crippen LogP contribution in [0.25, 0.3) is 0 Å². The summed E-state index contributed by atoms with van der Waals surface area (Å²) in [5.74, 6) is 1.88. The van der Waals surface area contributed by atoms with Crippen molar-refractivity contribution in [1.29, 1.82) is 0 Å². The minimum Gasteiger partial charge on any atom is -0.497 e. The molecule has 6 heteroatoms. The molecular weight excluding hydrogens is 378 g/mol. The van der Waals surface area contributed by atoms with Crippen molar-refractivity contribution >= 4 is 5.91 Å². The fourth-order valence-corrected chi connectivity index (χ4v) is 3.94. The Labute approximate surface area is 178 Å². The quantitative estimate of drug-likeness (QED) is 0.810. The van der Waals surface area contributed by atoms with Gasteiger partial charge in [-0.25, -0.2) is 4.98 Å². The monoisotopic (exact) mass is 411 g/mol. The highest BCUT2D eigenvalue weighted by molar-refractivity contribution is 5.94. The van der Waals surface area contributed by atoms with Crippen molar-refractivity contribution in [2.45, 2.75) is 58.8 Å². The van der Waals surface area contributed by atoms with Crippen LogP contribution in [-0.4, -0.2) is 41.0 Å². The number of hydrogen-bond acceptors (Lipinski definition) is 4. The maximum Gasteiger partial charge on any atom is 0.264 e. The standard InChI is InChI=1S/C24H33N3O3/c1-16-20(21(28)26-23(25-16)24(2,3)4)22(29)27-14-12-18(13-15-27)7-6-17-8-10-19(30-5)11-9-17/h8-11,18H,6-7,12-15H2,1-5H3,(H,25,26,28). The molecule has 1 fully saturated rings. The van der Waals surface area contributed by atoms with E-state index in [0.717, 1.165) is 31.4 Å². The Hall–Kier alpha value is -2.63. The first-order valence-electron chi connectivity index (χ1n) is 10.7. The fraction of sp³-hybridized carbons (Fsp3) is 0.542. The van der Waals surface area contributed by atoms with Gasteiger partial charge in [-0.2, -0.15) is 0 Å². The first kappa shape index (κ1) is 22.1. The normalized spacial score (nSPS) is 15.3. The number of likely N-dealkylation sites (tertiary alicyclic amines) is 1. The van der Waals surface area contributed by atoms with Crippen molar-refractivity contribution < 1.29 is 9.53 Å². The third kappa shape index (κ3) is 5.10. The Kier molecular flexibility index (Phi) is 6.64. The lowest BCUT2D eigenvalue weighted by molar-refractivity contribution is 0.0683. The minimum atomic E-state index is -0.334. The van der Waals surface area contributed by atoms with E-state index in [2.05, 4.69) is 22.1 Å². The highest BCUT2D eigenvalue weighted by atomic mass is 16.5. The topological polar surface area (TPSA) is 75.3 Å². The number of amides is 1. The summed E-state index contributed by atoms with van der Waals surface area (Å²) >= 11 is 0. The highest BCUT2D eigenvalue weighted by Gasteiger charge is 2.28. The summed E-state index contributed by atoms with van der Waals surface area (Å²) in [5.41, 5.74) is 1.39. The molecule has 6 nitrogen and oxygen atoms in total. The third-order valence-corrected chi connectivity index (χ3v) is 5.93. The summed E-state index contributed by atoms with van der Waals surface area (Å²) in [6.07, 6.45) is 4.06. The molecule has 2 heterocycles. The second kappa shape index (κ2) is 9.02. The average molecular weight is 412 g/mol. The van der Waals surface area contributed by atoms with Crippen molar-refractivity contribution in [3.63, 3.8) is 0 Å². The summed E-state index contributed by atoms with van der Waals surface area (Å²) in [6, 6.07) is 8.21. The molecule has 1 amide bonds. The number of ether oxygens (including phenoxy) is 1. The zero-order chi connectivity index (χ0) is 21.9. The molecule has 0 aliphatic carbocycles. The molecule has 0 saturated carbocycles. The number of rotatable bonds is 5. The maximum atomic E-state index is 13.0. The largest absolute Gasteiger partial charge is 0.497 e. The van der Waals surface area contributed by atoms with Crippen LogP contribution >= 0.6 is 0 Å². The van der Waals surface area contributed by atoms with Crippen LogP contribution in [0.2, 0.25) is 0 Å². The molecule has 0 spiro atoms. The molecule has 0 unspecified atom stereocenters. The van der Waals surface area contributed by atoms with Crippen LogP contribution in [-0.2, 0) is 11.8 Å². The number of aryl methyl sites for hydroxylation is 2. The van der Waals surface area contributed by atoms with Crippen LogP contribution in [0.5, 0.6) is 5.75 Å². The van der Waals surface area contributed by atoms with Crippen molar-refractivity contribution in [3.05, 3.63) is 57.3 Å². The molecule has 1 aliphatic rings. The maximum absolute atomic E-state index is 13.0. The molecule has 1 aliphatic heterocycles. The van der Waals surface area contributed by atoms with Crippen LogP contribution in [0.15, 0.2) is 29.1 Å². The van der Waals surface area contributed by atoms with E-state index in [-0.39, 0.29) is 22.4 Å². The van der Waals surface area contributed by atoms with E-state index in [1.54, 1.807) is 18.9 Å². The van der Waals surface area contributed by atoms with Gasteiger partial charge in [0.05, 0.1) is 12.8 Å². The van der Waals surface area contributed by atoms with Gasteiger partial charge in [-0.1, -0.05) is 32.9 Å². The first-order valence-corrected chi connectivity index (χ1v) is 10.7. The summed E-state index contributed by atoms with van der Waals surface area (Å²) in [5, 5.41) is 0. The Morgan fingerprint density at radius 3 is 2.37 bits per heavy atom. The second-order valence-corrected chi connectivity index (χ2v) is 9.25. The Bertz CT molecular complexity index is 934. The predicted molar refractivity (Wildman–Crippen MR) is 118 cm³/mol. The number of aromatic amines is 1. The molecule has 162 valence electrons.